The highest BCUT2D eigenvalue weighted by atomic mass is 16.7. The minimum atomic E-state index is -0.300. The third kappa shape index (κ3) is 4.19. The Labute approximate surface area is 159 Å². The molecule has 146 valence electrons. The number of nitrogens with zero attached hydrogens (tertiary/aromatic N) is 2. The van der Waals surface area contributed by atoms with Crippen molar-refractivity contribution in [1.29, 1.82) is 0 Å². The van der Waals surface area contributed by atoms with Gasteiger partial charge in [-0.2, -0.15) is 5.06 Å². The van der Waals surface area contributed by atoms with Gasteiger partial charge in [-0.05, 0) is 45.2 Å². The summed E-state index contributed by atoms with van der Waals surface area (Å²) in [6.07, 6.45) is 5.18. The maximum atomic E-state index is 12.2. The summed E-state index contributed by atoms with van der Waals surface area (Å²) >= 11 is 0. The van der Waals surface area contributed by atoms with E-state index in [0.29, 0.717) is 6.61 Å². The Morgan fingerprint density at radius 1 is 1.15 bits per heavy atom. The van der Waals surface area contributed by atoms with Gasteiger partial charge >= 0.3 is 0 Å². The Hall–Kier alpha value is -1.23. The molecule has 0 spiro atoms. The predicted octanol–water partition coefficient (Wildman–Crippen LogP) is 4.44. The van der Waals surface area contributed by atoms with Crippen LogP contribution in [0.15, 0.2) is 30.3 Å². The fourth-order valence-electron chi connectivity index (χ4n) is 4.49. The average molecular weight is 361 g/mol. The molecule has 1 aromatic rings. The van der Waals surface area contributed by atoms with Crippen LogP contribution in [0.3, 0.4) is 0 Å². The normalized spacial score (nSPS) is 23.0. The number of hydrogen-bond donors (Lipinski definition) is 0. The predicted molar refractivity (Wildman–Crippen MR) is 107 cm³/mol. The molecule has 1 aliphatic rings. The van der Waals surface area contributed by atoms with Gasteiger partial charge in [-0.1, -0.05) is 57.5 Å². The second-order valence-corrected chi connectivity index (χ2v) is 8.08. The van der Waals surface area contributed by atoms with Gasteiger partial charge in [-0.3, -0.25) is 9.74 Å². The summed E-state index contributed by atoms with van der Waals surface area (Å²) in [4.78, 5) is 21.0. The van der Waals surface area contributed by atoms with Gasteiger partial charge in [-0.25, -0.2) is 0 Å². The standard InChI is InChI=1S/C22H36N2O2/c1-6-9-15-23-18-21(4,5)24(22(7-2,8-3)20(23)16-25)26-17-19-13-11-10-12-14-19/h10-14,16,20H,6-9,15,17-18H2,1-5H3. The molecule has 0 saturated carbocycles. The molecule has 1 saturated heterocycles. The summed E-state index contributed by atoms with van der Waals surface area (Å²) in [5.74, 6) is 0. The van der Waals surface area contributed by atoms with Crippen LogP contribution in [0.2, 0.25) is 0 Å². The van der Waals surface area contributed by atoms with Crippen LogP contribution in [0.25, 0.3) is 0 Å². The van der Waals surface area contributed by atoms with E-state index in [1.807, 2.05) is 18.2 Å². The third-order valence-electron chi connectivity index (χ3n) is 5.84. The van der Waals surface area contributed by atoms with Gasteiger partial charge in [0.15, 0.2) is 0 Å². The minimum Gasteiger partial charge on any atom is -0.302 e. The van der Waals surface area contributed by atoms with Crippen LogP contribution >= 0.6 is 0 Å². The summed E-state index contributed by atoms with van der Waals surface area (Å²) < 4.78 is 0. The summed E-state index contributed by atoms with van der Waals surface area (Å²) in [6, 6.07) is 10.1. The van der Waals surface area contributed by atoms with Crippen molar-refractivity contribution < 1.29 is 9.63 Å². The maximum Gasteiger partial charge on any atom is 0.139 e. The van der Waals surface area contributed by atoms with Gasteiger partial charge in [0.05, 0.1) is 23.7 Å². The Bertz CT molecular complexity index is 555. The number of aldehydes is 1. The molecule has 0 bridgehead atoms. The number of carbonyl (C=O) groups excluding carboxylic acids is 1. The lowest BCUT2D eigenvalue weighted by Gasteiger charge is -2.60. The molecular weight excluding hydrogens is 324 g/mol. The lowest BCUT2D eigenvalue weighted by molar-refractivity contribution is -0.315. The molecule has 0 amide bonds. The molecule has 1 aliphatic heterocycles. The minimum absolute atomic E-state index is 0.132. The molecule has 26 heavy (non-hydrogen) atoms. The summed E-state index contributed by atoms with van der Waals surface area (Å²) in [5.41, 5.74) is 0.695. The molecule has 1 aromatic carbocycles. The molecule has 2 rings (SSSR count). The lowest BCUT2D eigenvalue weighted by atomic mass is 9.77. The fourth-order valence-corrected chi connectivity index (χ4v) is 4.49. The highest BCUT2D eigenvalue weighted by molar-refractivity contribution is 5.61. The highest BCUT2D eigenvalue weighted by Crippen LogP contribution is 2.41. The molecule has 0 N–H and O–H groups in total. The third-order valence-corrected chi connectivity index (χ3v) is 5.84. The first-order chi connectivity index (χ1) is 12.4. The molecule has 1 unspecified atom stereocenters. The lowest BCUT2D eigenvalue weighted by Crippen LogP contribution is -2.74. The van der Waals surface area contributed by atoms with Crippen molar-refractivity contribution in [2.24, 2.45) is 0 Å². The maximum absolute atomic E-state index is 12.2. The first-order valence-corrected chi connectivity index (χ1v) is 10.1. The van der Waals surface area contributed by atoms with E-state index in [1.54, 1.807) is 0 Å². The van der Waals surface area contributed by atoms with Gasteiger partial charge in [0, 0.05) is 6.54 Å². The Kier molecular flexibility index (Phi) is 7.39. The van der Waals surface area contributed by atoms with E-state index in [4.69, 9.17) is 4.84 Å². The SMILES string of the molecule is CCCCN1CC(C)(C)N(OCc2ccccc2)C(CC)(CC)C1C=O. The number of hydroxylamine groups is 2. The highest BCUT2D eigenvalue weighted by Gasteiger charge is 2.55. The smallest absolute Gasteiger partial charge is 0.139 e. The number of carbonyl (C=O) groups is 1. The van der Waals surface area contributed by atoms with E-state index in [2.05, 4.69) is 56.7 Å². The Balaban J connectivity index is 2.32. The van der Waals surface area contributed by atoms with E-state index in [1.165, 1.54) is 0 Å². The van der Waals surface area contributed by atoms with Gasteiger partial charge < -0.3 is 4.79 Å². The Morgan fingerprint density at radius 2 is 1.81 bits per heavy atom. The van der Waals surface area contributed by atoms with Crippen LogP contribution in [-0.2, 0) is 16.2 Å². The van der Waals surface area contributed by atoms with Crippen LogP contribution in [0.4, 0.5) is 0 Å². The van der Waals surface area contributed by atoms with Crippen molar-refractivity contribution in [3.8, 4) is 0 Å². The van der Waals surface area contributed by atoms with Crippen molar-refractivity contribution in [3.63, 3.8) is 0 Å². The van der Waals surface area contributed by atoms with Crippen molar-refractivity contribution >= 4 is 6.29 Å². The molecule has 0 aromatic heterocycles. The first-order valence-electron chi connectivity index (χ1n) is 10.1. The monoisotopic (exact) mass is 360 g/mol. The molecule has 0 aliphatic carbocycles. The molecule has 1 heterocycles. The number of piperazine rings is 1. The van der Waals surface area contributed by atoms with Crippen LogP contribution in [0.5, 0.6) is 0 Å². The van der Waals surface area contributed by atoms with E-state index in [9.17, 15) is 4.79 Å². The molecule has 4 heteroatoms. The fraction of sp³-hybridized carbons (Fsp3) is 0.682. The topological polar surface area (TPSA) is 32.8 Å². The van der Waals surface area contributed by atoms with Crippen LogP contribution in [0.1, 0.15) is 65.9 Å². The number of hydrogen-bond acceptors (Lipinski definition) is 4. The summed E-state index contributed by atoms with van der Waals surface area (Å²) in [6.45, 7) is 13.4. The van der Waals surface area contributed by atoms with E-state index < -0.39 is 0 Å². The zero-order valence-electron chi connectivity index (χ0n) is 17.2. The van der Waals surface area contributed by atoms with Crippen molar-refractivity contribution in [1.82, 2.24) is 9.96 Å². The van der Waals surface area contributed by atoms with Crippen LogP contribution < -0.4 is 0 Å². The van der Waals surface area contributed by atoms with Gasteiger partial charge in [0.25, 0.3) is 0 Å². The summed E-state index contributed by atoms with van der Waals surface area (Å²) in [5, 5.41) is 2.16. The van der Waals surface area contributed by atoms with Gasteiger partial charge in [-0.15, -0.1) is 0 Å². The zero-order chi connectivity index (χ0) is 19.2. The van der Waals surface area contributed by atoms with E-state index >= 15 is 0 Å². The van der Waals surface area contributed by atoms with Crippen molar-refractivity contribution in [2.75, 3.05) is 13.1 Å². The number of benzene rings is 1. The van der Waals surface area contributed by atoms with E-state index in [-0.39, 0.29) is 17.1 Å². The zero-order valence-corrected chi connectivity index (χ0v) is 17.2. The quantitative estimate of drug-likeness (QED) is 0.610. The summed E-state index contributed by atoms with van der Waals surface area (Å²) in [7, 11) is 0. The average Bonchev–Trinajstić information content (AvgIpc) is 2.65. The molecule has 4 nitrogen and oxygen atoms in total. The molecule has 0 radical (unpaired) electrons. The molecule has 1 fully saturated rings. The second-order valence-electron chi connectivity index (χ2n) is 8.08. The molecule has 1 atom stereocenters. The van der Waals surface area contributed by atoms with Crippen molar-refractivity contribution in [3.05, 3.63) is 35.9 Å². The van der Waals surface area contributed by atoms with Gasteiger partial charge in [0.1, 0.15) is 6.29 Å². The van der Waals surface area contributed by atoms with Crippen LogP contribution in [-0.4, -0.2) is 46.5 Å². The second kappa shape index (κ2) is 9.12. The van der Waals surface area contributed by atoms with Crippen molar-refractivity contribution in [2.45, 2.75) is 84.0 Å². The van der Waals surface area contributed by atoms with Crippen LogP contribution in [0, 0.1) is 0 Å². The largest absolute Gasteiger partial charge is 0.302 e. The van der Waals surface area contributed by atoms with E-state index in [0.717, 1.165) is 50.6 Å². The Morgan fingerprint density at radius 3 is 2.35 bits per heavy atom. The number of unbranched alkanes of at least 4 members (excludes halogenated alkanes) is 1. The molecular formula is C22H36N2O2. The first kappa shape index (κ1) is 21.1. The van der Waals surface area contributed by atoms with Gasteiger partial charge in [0.2, 0.25) is 0 Å². The number of rotatable bonds is 9.